The Morgan fingerprint density at radius 1 is 0.674 bits per heavy atom. The molecular formula is C38H44N2O5S. The van der Waals surface area contributed by atoms with Gasteiger partial charge in [-0.2, -0.15) is 0 Å². The lowest BCUT2D eigenvalue weighted by Gasteiger charge is -2.44. The molecule has 0 aromatic heterocycles. The average Bonchev–Trinajstić information content (AvgIpc) is 3.09. The van der Waals surface area contributed by atoms with Gasteiger partial charge < -0.3 is 19.5 Å². The van der Waals surface area contributed by atoms with Gasteiger partial charge in [0.15, 0.2) is 6.29 Å². The van der Waals surface area contributed by atoms with E-state index in [9.17, 15) is 13.5 Å². The maximum atomic E-state index is 12.7. The first kappa shape index (κ1) is 32.6. The van der Waals surface area contributed by atoms with E-state index in [-0.39, 0.29) is 36.2 Å². The number of hydrogen-bond donors (Lipinski definition) is 2. The first-order valence-electron chi connectivity index (χ1n) is 16.4. The zero-order valence-electron chi connectivity index (χ0n) is 26.2. The minimum absolute atomic E-state index is 0.00884. The van der Waals surface area contributed by atoms with Crippen LogP contribution >= 0.6 is 0 Å². The number of nitrogens with zero attached hydrogens (tertiary/aromatic N) is 1. The molecule has 0 spiro atoms. The van der Waals surface area contributed by atoms with Crippen molar-refractivity contribution in [2.24, 2.45) is 0 Å². The van der Waals surface area contributed by atoms with E-state index in [4.69, 9.17) is 9.47 Å². The van der Waals surface area contributed by atoms with Gasteiger partial charge in [0, 0.05) is 24.6 Å². The van der Waals surface area contributed by atoms with E-state index < -0.39 is 16.3 Å². The Morgan fingerprint density at radius 3 is 1.91 bits per heavy atom. The van der Waals surface area contributed by atoms with Gasteiger partial charge in [-0.05, 0) is 60.3 Å². The van der Waals surface area contributed by atoms with Crippen molar-refractivity contribution >= 4 is 10.0 Å². The van der Waals surface area contributed by atoms with Crippen LogP contribution in [0.4, 0.5) is 0 Å². The Bertz CT molecular complexity index is 1610. The second kappa shape index (κ2) is 15.5. The average molecular weight is 641 g/mol. The normalized spacial score (nSPS) is 23.0. The lowest BCUT2D eigenvalue weighted by molar-refractivity contribution is -0.263. The van der Waals surface area contributed by atoms with E-state index in [1.165, 1.54) is 37.7 Å². The summed E-state index contributed by atoms with van der Waals surface area (Å²) in [5, 5.41) is 9.70. The van der Waals surface area contributed by atoms with E-state index in [2.05, 4.69) is 46.0 Å². The number of nitrogens with one attached hydrogen (secondary N) is 1. The second-order valence-corrected chi connectivity index (χ2v) is 14.1. The van der Waals surface area contributed by atoms with Crippen LogP contribution in [0.3, 0.4) is 0 Å². The van der Waals surface area contributed by atoms with Gasteiger partial charge >= 0.3 is 0 Å². The topological polar surface area (TPSA) is 88.1 Å². The zero-order valence-corrected chi connectivity index (χ0v) is 27.0. The number of sulfonamides is 1. The molecule has 0 saturated carbocycles. The number of ether oxygens (including phenoxy) is 2. The number of aliphatic hydroxyl groups is 1. The molecular weight excluding hydrogens is 596 g/mol. The molecule has 8 heteroatoms. The van der Waals surface area contributed by atoms with E-state index in [1.54, 1.807) is 30.3 Å². The highest BCUT2D eigenvalue weighted by atomic mass is 32.2. The molecule has 2 heterocycles. The van der Waals surface area contributed by atoms with Gasteiger partial charge in [0.1, 0.15) is 0 Å². The summed E-state index contributed by atoms with van der Waals surface area (Å²) in [5.41, 5.74) is 4.81. The number of rotatable bonds is 10. The highest BCUT2D eigenvalue weighted by Gasteiger charge is 2.42. The monoisotopic (exact) mass is 640 g/mol. The molecule has 4 unspecified atom stereocenters. The van der Waals surface area contributed by atoms with Crippen LogP contribution in [0.2, 0.25) is 0 Å². The van der Waals surface area contributed by atoms with Crippen molar-refractivity contribution in [1.29, 1.82) is 0 Å². The molecule has 4 aromatic carbocycles. The van der Waals surface area contributed by atoms with Crippen molar-refractivity contribution in [1.82, 2.24) is 9.62 Å². The Balaban J connectivity index is 1.27. The summed E-state index contributed by atoms with van der Waals surface area (Å²) in [6.45, 7) is 3.11. The van der Waals surface area contributed by atoms with E-state index >= 15 is 0 Å². The van der Waals surface area contributed by atoms with E-state index in [1.807, 2.05) is 42.5 Å². The van der Waals surface area contributed by atoms with Crippen molar-refractivity contribution in [3.63, 3.8) is 0 Å². The molecule has 4 aromatic rings. The van der Waals surface area contributed by atoms with Crippen molar-refractivity contribution in [2.45, 2.75) is 74.6 Å². The molecule has 7 nitrogen and oxygen atoms in total. The minimum atomic E-state index is -3.61. The van der Waals surface area contributed by atoms with E-state index in [0.29, 0.717) is 0 Å². The van der Waals surface area contributed by atoms with Crippen molar-refractivity contribution in [3.8, 4) is 0 Å². The molecule has 4 atom stereocenters. The maximum absolute atomic E-state index is 12.7. The van der Waals surface area contributed by atoms with E-state index in [0.717, 1.165) is 41.9 Å². The Hall–Kier alpha value is -3.37. The summed E-state index contributed by atoms with van der Waals surface area (Å²) in [6, 6.07) is 34.8. The van der Waals surface area contributed by atoms with Gasteiger partial charge in [-0.15, -0.1) is 0 Å². The van der Waals surface area contributed by atoms with Crippen LogP contribution < -0.4 is 4.72 Å². The lowest BCUT2D eigenvalue weighted by Crippen LogP contribution is -2.45. The zero-order chi connectivity index (χ0) is 31.8. The third kappa shape index (κ3) is 8.12. The molecule has 46 heavy (non-hydrogen) atoms. The van der Waals surface area contributed by atoms with Gasteiger partial charge in [0.25, 0.3) is 0 Å². The van der Waals surface area contributed by atoms with Crippen LogP contribution in [0.15, 0.2) is 114 Å². The van der Waals surface area contributed by atoms with Crippen LogP contribution in [-0.2, 0) is 32.6 Å². The first-order chi connectivity index (χ1) is 22.5. The van der Waals surface area contributed by atoms with Crippen LogP contribution in [0.1, 0.15) is 78.2 Å². The SMILES string of the molecule is O=S(=O)(NCc1ccc(C2OC(CN3CCCCCCC3)C(c3ccccc3)C(c3ccc(CO)cc3)O2)cc1)c1ccccc1. The number of aliphatic hydroxyl groups excluding tert-OH is 1. The summed E-state index contributed by atoms with van der Waals surface area (Å²) in [4.78, 5) is 2.81. The first-order valence-corrected chi connectivity index (χ1v) is 17.9. The fourth-order valence-electron chi connectivity index (χ4n) is 6.57. The third-order valence-corrected chi connectivity index (χ3v) is 10.5. The van der Waals surface area contributed by atoms with Crippen molar-refractivity contribution < 1.29 is 23.0 Å². The summed E-state index contributed by atoms with van der Waals surface area (Å²) in [6.07, 6.45) is 5.25. The molecule has 2 aliphatic rings. The minimum Gasteiger partial charge on any atom is -0.392 e. The second-order valence-electron chi connectivity index (χ2n) is 12.3. The molecule has 2 fully saturated rings. The molecule has 6 rings (SSSR count). The smallest absolute Gasteiger partial charge is 0.240 e. The molecule has 0 bridgehead atoms. The predicted octanol–water partition coefficient (Wildman–Crippen LogP) is 6.86. The Kier molecular flexibility index (Phi) is 11.0. The maximum Gasteiger partial charge on any atom is 0.240 e. The highest BCUT2D eigenvalue weighted by molar-refractivity contribution is 7.89. The fourth-order valence-corrected chi connectivity index (χ4v) is 7.61. The quantitative estimate of drug-likeness (QED) is 0.197. The molecule has 0 aliphatic carbocycles. The van der Waals surface area contributed by atoms with Crippen molar-refractivity contribution in [3.05, 3.63) is 137 Å². The van der Waals surface area contributed by atoms with Crippen LogP contribution in [0.5, 0.6) is 0 Å². The number of hydrogen-bond acceptors (Lipinski definition) is 6. The molecule has 242 valence electrons. The molecule has 0 radical (unpaired) electrons. The highest BCUT2D eigenvalue weighted by Crippen LogP contribution is 2.47. The summed E-state index contributed by atoms with van der Waals surface area (Å²) >= 11 is 0. The molecule has 2 N–H and O–H groups in total. The fraction of sp³-hybridized carbons (Fsp3) is 0.368. The number of benzene rings is 4. The summed E-state index contributed by atoms with van der Waals surface area (Å²) in [5.74, 6) is -0.0328. The van der Waals surface area contributed by atoms with Crippen LogP contribution in [0, 0.1) is 0 Å². The van der Waals surface area contributed by atoms with Gasteiger partial charge in [0.05, 0.1) is 23.7 Å². The largest absolute Gasteiger partial charge is 0.392 e. The number of likely N-dealkylation sites (tertiary alicyclic amines) is 1. The molecule has 0 amide bonds. The predicted molar refractivity (Wildman–Crippen MR) is 179 cm³/mol. The standard InChI is InChI=1S/C38H44N2O5S/c41-28-30-18-20-32(21-19-30)37-36(31-12-6-4-7-13-31)35(27-40-24-10-2-1-3-11-25-40)44-38(45-37)33-22-16-29(17-23-33)26-39-46(42,43)34-14-8-5-9-15-34/h4-9,12-23,35-39,41H,1-3,10-11,24-28H2. The third-order valence-electron chi connectivity index (χ3n) is 9.13. The summed E-state index contributed by atoms with van der Waals surface area (Å²) < 4.78 is 42.0. The molecule has 2 aliphatic heterocycles. The van der Waals surface area contributed by atoms with Gasteiger partial charge in [-0.25, -0.2) is 13.1 Å². The summed E-state index contributed by atoms with van der Waals surface area (Å²) in [7, 11) is -3.61. The van der Waals surface area contributed by atoms with Gasteiger partial charge in [0.2, 0.25) is 10.0 Å². The lowest BCUT2D eigenvalue weighted by atomic mass is 9.83. The van der Waals surface area contributed by atoms with Crippen LogP contribution in [-0.4, -0.2) is 44.2 Å². The van der Waals surface area contributed by atoms with Crippen molar-refractivity contribution in [2.75, 3.05) is 19.6 Å². The van der Waals surface area contributed by atoms with Crippen LogP contribution in [0.25, 0.3) is 0 Å². The molecule has 2 saturated heterocycles. The van der Waals surface area contributed by atoms with Gasteiger partial charge in [-0.1, -0.05) is 116 Å². The van der Waals surface area contributed by atoms with Gasteiger partial charge in [-0.3, -0.25) is 0 Å². The Morgan fingerprint density at radius 2 is 1.26 bits per heavy atom. The Labute approximate surface area is 273 Å².